The van der Waals surface area contributed by atoms with Gasteiger partial charge in [0.05, 0.1) is 5.39 Å². The van der Waals surface area contributed by atoms with Crippen molar-refractivity contribution in [2.75, 3.05) is 23.8 Å². The average molecular weight is 262 g/mol. The van der Waals surface area contributed by atoms with Crippen molar-refractivity contribution in [2.24, 2.45) is 0 Å². The second-order valence-electron chi connectivity index (χ2n) is 4.68. The van der Waals surface area contributed by atoms with Crippen LogP contribution in [-0.2, 0) is 0 Å². The number of thiophene rings is 1. The number of rotatable bonds is 5. The molecule has 0 radical (unpaired) electrons. The molecule has 1 fully saturated rings. The molecule has 2 heterocycles. The third-order valence-corrected chi connectivity index (χ3v) is 4.06. The molecule has 0 unspecified atom stereocenters. The molecule has 1 aliphatic carbocycles. The minimum atomic E-state index is 0.688. The lowest BCUT2D eigenvalue weighted by molar-refractivity contribution is 0.753. The summed E-state index contributed by atoms with van der Waals surface area (Å²) in [4.78, 5) is 12.7. The van der Waals surface area contributed by atoms with Crippen LogP contribution in [-0.4, -0.2) is 29.6 Å². The molecule has 0 aliphatic heterocycles. The summed E-state index contributed by atoms with van der Waals surface area (Å²) in [5, 5.41) is 6.35. The van der Waals surface area contributed by atoms with Gasteiger partial charge in [-0.15, -0.1) is 11.3 Å². The van der Waals surface area contributed by atoms with Crippen LogP contribution in [0.25, 0.3) is 10.2 Å². The Morgan fingerprint density at radius 2 is 2.28 bits per heavy atom. The molecule has 1 aliphatic rings. The van der Waals surface area contributed by atoms with Crippen LogP contribution >= 0.6 is 11.3 Å². The first-order valence-corrected chi connectivity index (χ1v) is 7.41. The zero-order valence-electron chi connectivity index (χ0n) is 10.8. The van der Waals surface area contributed by atoms with Gasteiger partial charge in [-0.05, 0) is 30.7 Å². The van der Waals surface area contributed by atoms with Crippen molar-refractivity contribution in [3.63, 3.8) is 0 Å². The van der Waals surface area contributed by atoms with Crippen molar-refractivity contribution < 1.29 is 0 Å². The van der Waals surface area contributed by atoms with Crippen LogP contribution in [0.5, 0.6) is 0 Å². The second-order valence-corrected chi connectivity index (χ2v) is 5.58. The summed E-state index contributed by atoms with van der Waals surface area (Å²) in [6, 6.07) is 2.83. The van der Waals surface area contributed by atoms with Gasteiger partial charge in [0.2, 0.25) is 5.95 Å². The molecule has 2 aromatic heterocycles. The van der Waals surface area contributed by atoms with E-state index in [2.05, 4.69) is 38.6 Å². The molecule has 0 aromatic carbocycles. The Morgan fingerprint density at radius 3 is 2.94 bits per heavy atom. The summed E-state index contributed by atoms with van der Waals surface area (Å²) in [5.41, 5.74) is 0. The van der Waals surface area contributed by atoms with E-state index in [1.54, 1.807) is 11.3 Å². The maximum atomic E-state index is 4.68. The Kier molecular flexibility index (Phi) is 3.07. The fourth-order valence-electron chi connectivity index (χ4n) is 2.26. The maximum Gasteiger partial charge on any atom is 0.225 e. The SMILES string of the molecule is CCCN(c1nc(NC)nc2sccc12)C1CC1. The minimum absolute atomic E-state index is 0.688. The molecular weight excluding hydrogens is 244 g/mol. The Labute approximate surface area is 111 Å². The van der Waals surface area contributed by atoms with Crippen LogP contribution in [0.4, 0.5) is 11.8 Å². The first-order chi connectivity index (χ1) is 8.83. The van der Waals surface area contributed by atoms with Gasteiger partial charge in [-0.2, -0.15) is 4.98 Å². The second kappa shape index (κ2) is 4.72. The van der Waals surface area contributed by atoms with Gasteiger partial charge < -0.3 is 10.2 Å². The van der Waals surface area contributed by atoms with Gasteiger partial charge in [-0.3, -0.25) is 0 Å². The molecule has 0 saturated heterocycles. The fourth-order valence-corrected chi connectivity index (χ4v) is 3.02. The molecule has 1 saturated carbocycles. The van der Waals surface area contributed by atoms with Crippen molar-refractivity contribution in [3.05, 3.63) is 11.4 Å². The molecular formula is C13H18N4S. The molecule has 1 N–H and O–H groups in total. The van der Waals surface area contributed by atoms with E-state index in [0.717, 1.165) is 29.6 Å². The molecule has 2 aromatic rings. The van der Waals surface area contributed by atoms with Gasteiger partial charge in [0.25, 0.3) is 0 Å². The van der Waals surface area contributed by atoms with E-state index in [1.165, 1.54) is 18.2 Å². The highest BCUT2D eigenvalue weighted by Crippen LogP contribution is 2.36. The number of nitrogens with one attached hydrogen (secondary N) is 1. The standard InChI is InChI=1S/C13H18N4S/c1-3-7-17(9-4-5-9)11-10-6-8-18-12(10)16-13(14-2)15-11/h6,8-9H,3-5,7H2,1-2H3,(H,14,15,16). The van der Waals surface area contributed by atoms with Gasteiger partial charge in [-0.25, -0.2) is 4.98 Å². The quantitative estimate of drug-likeness (QED) is 0.899. The van der Waals surface area contributed by atoms with E-state index >= 15 is 0 Å². The van der Waals surface area contributed by atoms with Crippen LogP contribution in [0.2, 0.25) is 0 Å². The van der Waals surface area contributed by atoms with Crippen LogP contribution in [0.3, 0.4) is 0 Å². The minimum Gasteiger partial charge on any atom is -0.357 e. The highest BCUT2D eigenvalue weighted by molar-refractivity contribution is 7.16. The number of anilines is 2. The number of hydrogen-bond acceptors (Lipinski definition) is 5. The normalized spacial score (nSPS) is 15.0. The van der Waals surface area contributed by atoms with Crippen molar-refractivity contribution in [1.29, 1.82) is 0 Å². The molecule has 5 heteroatoms. The van der Waals surface area contributed by atoms with Gasteiger partial charge in [0.1, 0.15) is 10.6 Å². The predicted octanol–water partition coefficient (Wildman–Crippen LogP) is 3.11. The highest BCUT2D eigenvalue weighted by atomic mass is 32.1. The average Bonchev–Trinajstić information content (AvgIpc) is 3.12. The van der Waals surface area contributed by atoms with E-state index in [1.807, 2.05) is 7.05 Å². The lowest BCUT2D eigenvalue weighted by Crippen LogP contribution is -2.27. The van der Waals surface area contributed by atoms with Crippen LogP contribution in [0.15, 0.2) is 11.4 Å². The lowest BCUT2D eigenvalue weighted by atomic mass is 10.3. The summed E-state index contributed by atoms with van der Waals surface area (Å²) in [7, 11) is 1.87. The summed E-state index contributed by atoms with van der Waals surface area (Å²) < 4.78 is 0. The first kappa shape index (κ1) is 11.7. The molecule has 0 atom stereocenters. The molecule has 0 amide bonds. The third kappa shape index (κ3) is 2.03. The van der Waals surface area contributed by atoms with Crippen LogP contribution in [0.1, 0.15) is 26.2 Å². The van der Waals surface area contributed by atoms with Gasteiger partial charge in [-0.1, -0.05) is 6.92 Å². The van der Waals surface area contributed by atoms with E-state index in [9.17, 15) is 0 Å². The predicted molar refractivity (Wildman–Crippen MR) is 77.6 cm³/mol. The van der Waals surface area contributed by atoms with Gasteiger partial charge in [0.15, 0.2) is 0 Å². The third-order valence-electron chi connectivity index (χ3n) is 3.25. The molecule has 4 nitrogen and oxygen atoms in total. The maximum absolute atomic E-state index is 4.68. The first-order valence-electron chi connectivity index (χ1n) is 6.53. The molecule has 0 bridgehead atoms. The summed E-state index contributed by atoms with van der Waals surface area (Å²) >= 11 is 1.68. The smallest absolute Gasteiger partial charge is 0.225 e. The molecule has 18 heavy (non-hydrogen) atoms. The number of fused-ring (bicyclic) bond motifs is 1. The largest absolute Gasteiger partial charge is 0.357 e. The lowest BCUT2D eigenvalue weighted by Gasteiger charge is -2.23. The summed E-state index contributed by atoms with van der Waals surface area (Å²) in [6.07, 6.45) is 3.75. The summed E-state index contributed by atoms with van der Waals surface area (Å²) in [5.74, 6) is 1.83. The molecule has 0 spiro atoms. The van der Waals surface area contributed by atoms with Crippen LogP contribution in [0, 0.1) is 0 Å². The van der Waals surface area contributed by atoms with Crippen LogP contribution < -0.4 is 10.2 Å². The highest BCUT2D eigenvalue weighted by Gasteiger charge is 2.30. The number of aromatic nitrogens is 2. The number of hydrogen-bond donors (Lipinski definition) is 1. The van der Waals surface area contributed by atoms with Crippen molar-refractivity contribution >= 4 is 33.3 Å². The summed E-state index contributed by atoms with van der Waals surface area (Å²) in [6.45, 7) is 3.30. The molecule has 3 rings (SSSR count). The van der Waals surface area contributed by atoms with Gasteiger partial charge >= 0.3 is 0 Å². The van der Waals surface area contributed by atoms with Crippen molar-refractivity contribution in [3.8, 4) is 0 Å². The van der Waals surface area contributed by atoms with E-state index in [-0.39, 0.29) is 0 Å². The fraction of sp³-hybridized carbons (Fsp3) is 0.538. The van der Waals surface area contributed by atoms with Gasteiger partial charge in [0, 0.05) is 19.6 Å². The topological polar surface area (TPSA) is 41.1 Å². The molecule has 96 valence electrons. The van der Waals surface area contributed by atoms with E-state index < -0.39 is 0 Å². The van der Waals surface area contributed by atoms with Crippen molar-refractivity contribution in [1.82, 2.24) is 9.97 Å². The number of nitrogens with zero attached hydrogens (tertiary/aromatic N) is 3. The Balaban J connectivity index is 2.09. The van der Waals surface area contributed by atoms with Crippen molar-refractivity contribution in [2.45, 2.75) is 32.2 Å². The Morgan fingerprint density at radius 1 is 1.44 bits per heavy atom. The Hall–Kier alpha value is -1.36. The Bertz CT molecular complexity index is 547. The zero-order valence-corrected chi connectivity index (χ0v) is 11.6. The zero-order chi connectivity index (χ0) is 12.5. The van der Waals surface area contributed by atoms with E-state index in [0.29, 0.717) is 6.04 Å². The van der Waals surface area contributed by atoms with E-state index in [4.69, 9.17) is 0 Å². The monoisotopic (exact) mass is 262 g/mol.